The van der Waals surface area contributed by atoms with Crippen molar-refractivity contribution in [1.82, 2.24) is 15.0 Å². The minimum atomic E-state index is -0.190. The maximum Gasteiger partial charge on any atom is 0.262 e. The fourth-order valence-corrected chi connectivity index (χ4v) is 4.66. The van der Waals surface area contributed by atoms with E-state index in [1.54, 1.807) is 0 Å². The van der Waals surface area contributed by atoms with Gasteiger partial charge in [0.1, 0.15) is 0 Å². The average molecular weight is 380 g/mol. The van der Waals surface area contributed by atoms with Gasteiger partial charge in [-0.1, -0.05) is 12.2 Å². The first-order valence-electron chi connectivity index (χ1n) is 10.2. The van der Waals surface area contributed by atoms with Gasteiger partial charge in [-0.05, 0) is 43.6 Å². The zero-order chi connectivity index (χ0) is 19.1. The highest BCUT2D eigenvalue weighted by Crippen LogP contribution is 2.38. The molecule has 2 aromatic rings. The molecule has 146 valence electrons. The smallest absolute Gasteiger partial charge is 0.262 e. The van der Waals surface area contributed by atoms with Gasteiger partial charge in [0, 0.05) is 25.1 Å². The highest BCUT2D eigenvalue weighted by molar-refractivity contribution is 6.03. The van der Waals surface area contributed by atoms with E-state index in [-0.39, 0.29) is 17.3 Å². The Bertz CT molecular complexity index is 1020. The fourth-order valence-electron chi connectivity index (χ4n) is 4.66. The third-order valence-electron chi connectivity index (χ3n) is 6.04. The van der Waals surface area contributed by atoms with Crippen molar-refractivity contribution in [3.63, 3.8) is 0 Å². The van der Waals surface area contributed by atoms with Crippen LogP contribution in [0, 0.1) is 0 Å². The summed E-state index contributed by atoms with van der Waals surface area (Å²) in [6, 6.07) is 0. The van der Waals surface area contributed by atoms with Crippen LogP contribution in [0.25, 0.3) is 11.0 Å². The molecule has 7 heteroatoms. The van der Waals surface area contributed by atoms with E-state index in [1.165, 1.54) is 0 Å². The SMILES string of the molecule is O=C1CCCc2nc3nc(N4CCOCC4)[nH]c(=O)c3c([C@H]3CC=CCC3)c21. The lowest BCUT2D eigenvalue weighted by Crippen LogP contribution is -2.38. The van der Waals surface area contributed by atoms with Crippen LogP contribution in [-0.2, 0) is 11.2 Å². The van der Waals surface area contributed by atoms with E-state index in [9.17, 15) is 9.59 Å². The quantitative estimate of drug-likeness (QED) is 0.806. The number of nitrogens with zero attached hydrogens (tertiary/aromatic N) is 3. The van der Waals surface area contributed by atoms with Crippen molar-refractivity contribution in [2.75, 3.05) is 31.2 Å². The summed E-state index contributed by atoms with van der Waals surface area (Å²) in [5.41, 5.74) is 2.69. The van der Waals surface area contributed by atoms with Crippen LogP contribution < -0.4 is 10.5 Å². The van der Waals surface area contributed by atoms with Crippen LogP contribution in [0.1, 0.15) is 59.6 Å². The Morgan fingerprint density at radius 2 is 1.96 bits per heavy atom. The number of fused-ring (bicyclic) bond motifs is 2. The number of Topliss-reactive ketones (excluding diaryl/α,β-unsaturated/α-hetero) is 1. The van der Waals surface area contributed by atoms with Crippen molar-refractivity contribution in [3.8, 4) is 0 Å². The molecule has 1 atom stereocenters. The van der Waals surface area contributed by atoms with Gasteiger partial charge in [-0.15, -0.1) is 0 Å². The van der Waals surface area contributed by atoms with E-state index in [0.29, 0.717) is 55.3 Å². The maximum atomic E-state index is 13.2. The largest absolute Gasteiger partial charge is 0.378 e. The molecule has 1 fully saturated rings. The average Bonchev–Trinajstić information content (AvgIpc) is 2.73. The van der Waals surface area contributed by atoms with Crippen molar-refractivity contribution in [2.24, 2.45) is 0 Å². The van der Waals surface area contributed by atoms with E-state index in [2.05, 4.69) is 17.1 Å². The maximum absolute atomic E-state index is 13.2. The molecule has 0 bridgehead atoms. The molecule has 1 N–H and O–H groups in total. The molecule has 1 aliphatic heterocycles. The topological polar surface area (TPSA) is 88.2 Å². The van der Waals surface area contributed by atoms with Gasteiger partial charge in [-0.3, -0.25) is 14.6 Å². The van der Waals surface area contributed by atoms with Crippen LogP contribution in [0.15, 0.2) is 16.9 Å². The number of anilines is 1. The molecule has 28 heavy (non-hydrogen) atoms. The van der Waals surface area contributed by atoms with Crippen molar-refractivity contribution in [1.29, 1.82) is 0 Å². The number of allylic oxidation sites excluding steroid dienone is 2. The summed E-state index contributed by atoms with van der Waals surface area (Å²) in [7, 11) is 0. The number of nitrogens with one attached hydrogen (secondary N) is 1. The predicted octanol–water partition coefficient (Wildman–Crippen LogP) is 2.50. The molecular formula is C21H24N4O3. The second-order valence-electron chi connectivity index (χ2n) is 7.79. The van der Waals surface area contributed by atoms with E-state index in [0.717, 1.165) is 43.4 Å². The van der Waals surface area contributed by atoms with Crippen LogP contribution in [0.2, 0.25) is 0 Å². The van der Waals surface area contributed by atoms with E-state index < -0.39 is 0 Å². The minimum absolute atomic E-state index is 0.122. The van der Waals surface area contributed by atoms with Crippen molar-refractivity contribution in [3.05, 3.63) is 39.3 Å². The summed E-state index contributed by atoms with van der Waals surface area (Å²) in [5.74, 6) is 0.838. The van der Waals surface area contributed by atoms with Crippen molar-refractivity contribution >= 4 is 22.8 Å². The molecule has 7 nitrogen and oxygen atoms in total. The van der Waals surface area contributed by atoms with Gasteiger partial charge < -0.3 is 9.64 Å². The second kappa shape index (κ2) is 7.13. The zero-order valence-electron chi connectivity index (χ0n) is 15.9. The molecule has 0 saturated carbocycles. The monoisotopic (exact) mass is 380 g/mol. The summed E-state index contributed by atoms with van der Waals surface area (Å²) in [5, 5.41) is 0.506. The Morgan fingerprint density at radius 3 is 2.75 bits per heavy atom. The van der Waals surface area contributed by atoms with Crippen LogP contribution in [0.4, 0.5) is 5.95 Å². The molecule has 0 radical (unpaired) electrons. The van der Waals surface area contributed by atoms with Crippen molar-refractivity contribution < 1.29 is 9.53 Å². The molecular weight excluding hydrogens is 356 g/mol. The highest BCUT2D eigenvalue weighted by Gasteiger charge is 2.30. The Labute approximate surface area is 162 Å². The van der Waals surface area contributed by atoms with Gasteiger partial charge in [0.2, 0.25) is 5.95 Å². The number of ketones is 1. The number of aromatic nitrogens is 3. The van der Waals surface area contributed by atoms with Crippen LogP contribution in [-0.4, -0.2) is 47.0 Å². The van der Waals surface area contributed by atoms with E-state index in [1.807, 2.05) is 4.90 Å². The molecule has 2 aromatic heterocycles. The summed E-state index contributed by atoms with van der Waals surface area (Å²) in [6.07, 6.45) is 9.21. The number of pyridine rings is 1. The number of H-pyrrole nitrogens is 1. The highest BCUT2D eigenvalue weighted by atomic mass is 16.5. The predicted molar refractivity (Wildman–Crippen MR) is 106 cm³/mol. The van der Waals surface area contributed by atoms with Gasteiger partial charge in [-0.2, -0.15) is 4.98 Å². The number of ether oxygens (including phenoxy) is 1. The molecule has 3 aliphatic rings. The first-order valence-corrected chi connectivity index (χ1v) is 10.2. The third kappa shape index (κ3) is 2.94. The lowest BCUT2D eigenvalue weighted by Gasteiger charge is -2.28. The standard InChI is InChI=1S/C21H24N4O3/c26-15-8-4-7-14-17(15)16(13-5-2-1-3-6-13)18-19(22-14)23-21(24-20(18)27)25-9-11-28-12-10-25/h1-2,13H,3-12H2,(H,22,23,24,27)/t13-/m0/s1. The van der Waals surface area contributed by atoms with E-state index >= 15 is 0 Å². The number of hydrogen-bond acceptors (Lipinski definition) is 6. The van der Waals surface area contributed by atoms with Crippen molar-refractivity contribution in [2.45, 2.75) is 44.4 Å². The van der Waals surface area contributed by atoms with Gasteiger partial charge in [-0.25, -0.2) is 4.98 Å². The number of carbonyl (C=O) groups is 1. The number of carbonyl (C=O) groups excluding carboxylic acids is 1. The number of hydrogen-bond donors (Lipinski definition) is 1. The number of rotatable bonds is 2. The summed E-state index contributed by atoms with van der Waals surface area (Å²) in [4.78, 5) is 40.4. The zero-order valence-corrected chi connectivity index (χ0v) is 15.9. The number of aromatic amines is 1. The first kappa shape index (κ1) is 17.6. The number of morpholine rings is 1. The molecule has 0 unspecified atom stereocenters. The molecule has 3 heterocycles. The lowest BCUT2D eigenvalue weighted by atomic mass is 9.79. The van der Waals surface area contributed by atoms with Gasteiger partial charge in [0.25, 0.3) is 5.56 Å². The van der Waals surface area contributed by atoms with Gasteiger partial charge in [0.15, 0.2) is 11.4 Å². The minimum Gasteiger partial charge on any atom is -0.378 e. The van der Waals surface area contributed by atoms with Crippen LogP contribution in [0.3, 0.4) is 0 Å². The Kier molecular flexibility index (Phi) is 4.47. The summed E-state index contributed by atoms with van der Waals surface area (Å²) < 4.78 is 5.40. The molecule has 1 saturated heterocycles. The molecule has 0 amide bonds. The lowest BCUT2D eigenvalue weighted by molar-refractivity contribution is 0.0970. The molecule has 2 aliphatic carbocycles. The second-order valence-corrected chi connectivity index (χ2v) is 7.79. The Morgan fingerprint density at radius 1 is 1.11 bits per heavy atom. The first-order chi connectivity index (χ1) is 13.7. The molecule has 5 rings (SSSR count). The van der Waals surface area contributed by atoms with Crippen LogP contribution >= 0.6 is 0 Å². The van der Waals surface area contributed by atoms with Crippen LogP contribution in [0.5, 0.6) is 0 Å². The van der Waals surface area contributed by atoms with Gasteiger partial charge in [0.05, 0.1) is 24.3 Å². The molecule has 0 aromatic carbocycles. The normalized spacial score (nSPS) is 22.5. The Balaban J connectivity index is 1.74. The Hall–Kier alpha value is -2.54. The third-order valence-corrected chi connectivity index (χ3v) is 6.04. The molecule has 0 spiro atoms. The fraction of sp³-hybridized carbons (Fsp3) is 0.524. The van der Waals surface area contributed by atoms with E-state index in [4.69, 9.17) is 14.7 Å². The number of aryl methyl sites for hydroxylation is 1. The summed E-state index contributed by atoms with van der Waals surface area (Å²) in [6.45, 7) is 2.62. The summed E-state index contributed by atoms with van der Waals surface area (Å²) >= 11 is 0. The van der Waals surface area contributed by atoms with Gasteiger partial charge >= 0.3 is 0 Å².